The lowest BCUT2D eigenvalue weighted by atomic mass is 10.00. The number of amides is 1. The van der Waals surface area contributed by atoms with Gasteiger partial charge in [0.2, 0.25) is 5.91 Å². The zero-order valence-electron chi connectivity index (χ0n) is 20.4. The third-order valence-corrected chi connectivity index (χ3v) is 7.72. The highest BCUT2D eigenvalue weighted by Gasteiger charge is 2.30. The van der Waals surface area contributed by atoms with Gasteiger partial charge < -0.3 is 24.7 Å². The molecule has 9 heteroatoms. The number of H-pyrrole nitrogens is 1. The van der Waals surface area contributed by atoms with Gasteiger partial charge >= 0.3 is 0 Å². The molecule has 0 aliphatic carbocycles. The molecule has 2 aromatic carbocycles. The summed E-state index contributed by atoms with van der Waals surface area (Å²) in [6, 6.07) is 13.1. The molecule has 3 saturated heterocycles. The number of nitrogens with zero attached hydrogens (tertiary/aromatic N) is 4. The van der Waals surface area contributed by atoms with E-state index in [-0.39, 0.29) is 17.9 Å². The SMILES string of the molecule is C[C@@H](Oc1cc(-c2ccc(N3CCN(C4COC4)CC3)c(C#N)c2)cc2[nH]cnc12)[C@H]1CNC(=O)C1. The highest BCUT2D eigenvalue weighted by atomic mass is 16.5. The number of carbonyl (C=O) groups is 1. The molecule has 0 radical (unpaired) electrons. The molecule has 1 aromatic heterocycles. The summed E-state index contributed by atoms with van der Waals surface area (Å²) in [6.45, 7) is 8.06. The number of ether oxygens (including phenoxy) is 2. The molecule has 1 amide bonds. The number of benzene rings is 2. The van der Waals surface area contributed by atoms with Gasteiger partial charge in [0.1, 0.15) is 23.4 Å². The van der Waals surface area contributed by atoms with Crippen molar-refractivity contribution in [2.24, 2.45) is 5.92 Å². The maximum absolute atomic E-state index is 11.7. The lowest BCUT2D eigenvalue weighted by Crippen LogP contribution is -2.56. The molecule has 2 N–H and O–H groups in total. The van der Waals surface area contributed by atoms with E-state index in [0.29, 0.717) is 30.3 Å². The van der Waals surface area contributed by atoms with E-state index in [2.05, 4.69) is 43.3 Å². The van der Waals surface area contributed by atoms with Crippen LogP contribution in [0.25, 0.3) is 22.2 Å². The number of carbonyl (C=O) groups excluding carboxylic acids is 1. The Balaban J connectivity index is 1.25. The van der Waals surface area contributed by atoms with Crippen LogP contribution in [0.3, 0.4) is 0 Å². The standard InChI is InChI=1S/C27H30N6O3/c1-17(21-11-26(34)29-13-21)36-25-10-19(9-23-27(25)31-16-30-23)18-2-3-24(20(8-18)12-28)33-6-4-32(5-7-33)22-14-35-15-22/h2-3,8-10,16-17,21-22H,4-7,11,13-15H2,1H3,(H,29,34)(H,30,31)/t17-,21-/m1/s1. The Bertz CT molecular complexity index is 1320. The highest BCUT2D eigenvalue weighted by Crippen LogP contribution is 2.35. The molecular weight excluding hydrogens is 456 g/mol. The fourth-order valence-electron chi connectivity index (χ4n) is 5.37. The van der Waals surface area contributed by atoms with Gasteiger partial charge in [-0.05, 0) is 42.3 Å². The van der Waals surface area contributed by atoms with Crippen LogP contribution in [0.4, 0.5) is 5.69 Å². The molecule has 3 aliphatic heterocycles. The third kappa shape index (κ3) is 4.27. The number of nitrogens with one attached hydrogen (secondary N) is 2. The van der Waals surface area contributed by atoms with Crippen LogP contribution in [-0.2, 0) is 9.53 Å². The minimum atomic E-state index is -0.138. The third-order valence-electron chi connectivity index (χ3n) is 7.72. The second-order valence-corrected chi connectivity index (χ2v) is 9.92. The Morgan fingerprint density at radius 3 is 2.69 bits per heavy atom. The number of hydrogen-bond donors (Lipinski definition) is 2. The topological polar surface area (TPSA) is 107 Å². The summed E-state index contributed by atoms with van der Waals surface area (Å²) in [5, 5.41) is 12.9. The number of nitriles is 1. The fourth-order valence-corrected chi connectivity index (χ4v) is 5.37. The zero-order valence-corrected chi connectivity index (χ0v) is 20.4. The summed E-state index contributed by atoms with van der Waals surface area (Å²) >= 11 is 0. The molecule has 9 nitrogen and oxygen atoms in total. The molecule has 3 fully saturated rings. The van der Waals surface area contributed by atoms with Crippen LogP contribution in [0.15, 0.2) is 36.7 Å². The first kappa shape index (κ1) is 22.8. The minimum Gasteiger partial charge on any atom is -0.488 e. The van der Waals surface area contributed by atoms with E-state index in [9.17, 15) is 10.1 Å². The predicted molar refractivity (Wildman–Crippen MR) is 136 cm³/mol. The summed E-state index contributed by atoms with van der Waals surface area (Å²) in [7, 11) is 0. The van der Waals surface area contributed by atoms with Crippen LogP contribution in [0.2, 0.25) is 0 Å². The van der Waals surface area contributed by atoms with Gasteiger partial charge in [-0.1, -0.05) is 6.07 Å². The van der Waals surface area contributed by atoms with Crippen LogP contribution in [0.1, 0.15) is 18.9 Å². The van der Waals surface area contributed by atoms with E-state index in [1.54, 1.807) is 6.33 Å². The number of fused-ring (bicyclic) bond motifs is 1. The first-order valence-electron chi connectivity index (χ1n) is 12.6. The van der Waals surface area contributed by atoms with Crippen molar-refractivity contribution in [3.05, 3.63) is 42.2 Å². The lowest BCUT2D eigenvalue weighted by molar-refractivity contribution is -0.119. The number of anilines is 1. The van der Waals surface area contributed by atoms with Crippen molar-refractivity contribution in [1.82, 2.24) is 20.2 Å². The molecule has 36 heavy (non-hydrogen) atoms. The van der Waals surface area contributed by atoms with Gasteiger partial charge in [-0.25, -0.2) is 4.98 Å². The fraction of sp³-hybridized carbons (Fsp3) is 0.444. The lowest BCUT2D eigenvalue weighted by Gasteiger charge is -2.43. The van der Waals surface area contributed by atoms with Crippen LogP contribution < -0.4 is 15.0 Å². The van der Waals surface area contributed by atoms with E-state index in [0.717, 1.165) is 67.2 Å². The van der Waals surface area contributed by atoms with E-state index in [4.69, 9.17) is 9.47 Å². The van der Waals surface area contributed by atoms with E-state index >= 15 is 0 Å². The van der Waals surface area contributed by atoms with Crippen LogP contribution >= 0.6 is 0 Å². The van der Waals surface area contributed by atoms with Crippen molar-refractivity contribution < 1.29 is 14.3 Å². The van der Waals surface area contributed by atoms with Crippen molar-refractivity contribution in [2.45, 2.75) is 25.5 Å². The van der Waals surface area contributed by atoms with Gasteiger partial charge in [0.25, 0.3) is 0 Å². The van der Waals surface area contributed by atoms with Crippen molar-refractivity contribution in [3.8, 4) is 22.9 Å². The normalized spacial score (nSPS) is 21.7. The van der Waals surface area contributed by atoms with Crippen LogP contribution in [0, 0.1) is 17.2 Å². The number of rotatable bonds is 6. The van der Waals surface area contributed by atoms with E-state index in [1.165, 1.54) is 0 Å². The van der Waals surface area contributed by atoms with Gasteiger partial charge in [0.15, 0.2) is 0 Å². The average molecular weight is 487 g/mol. The number of hydrogen-bond acceptors (Lipinski definition) is 7. The second-order valence-electron chi connectivity index (χ2n) is 9.92. The molecule has 0 spiro atoms. The van der Waals surface area contributed by atoms with Gasteiger partial charge in [0.05, 0.1) is 42.4 Å². The van der Waals surface area contributed by atoms with Gasteiger partial charge in [-0.15, -0.1) is 0 Å². The number of aromatic amines is 1. The monoisotopic (exact) mass is 486 g/mol. The average Bonchev–Trinajstić information content (AvgIpc) is 3.52. The van der Waals surface area contributed by atoms with Gasteiger partial charge in [-0.2, -0.15) is 5.26 Å². The predicted octanol–water partition coefficient (Wildman–Crippen LogP) is 2.53. The van der Waals surface area contributed by atoms with Crippen LogP contribution in [0.5, 0.6) is 5.75 Å². The quantitative estimate of drug-likeness (QED) is 0.551. The zero-order chi connectivity index (χ0) is 24.6. The molecule has 3 aromatic rings. The summed E-state index contributed by atoms with van der Waals surface area (Å²) in [5.74, 6) is 0.864. The summed E-state index contributed by atoms with van der Waals surface area (Å²) < 4.78 is 11.7. The van der Waals surface area contributed by atoms with E-state index in [1.807, 2.05) is 25.1 Å². The molecule has 6 rings (SSSR count). The Morgan fingerprint density at radius 2 is 2.00 bits per heavy atom. The van der Waals surface area contributed by atoms with Gasteiger partial charge in [0, 0.05) is 45.1 Å². The highest BCUT2D eigenvalue weighted by molar-refractivity contribution is 5.88. The first-order valence-corrected chi connectivity index (χ1v) is 12.6. The van der Waals surface area contributed by atoms with Crippen molar-refractivity contribution >= 4 is 22.6 Å². The maximum Gasteiger partial charge on any atom is 0.220 e. The molecule has 2 atom stereocenters. The smallest absolute Gasteiger partial charge is 0.220 e. The Kier molecular flexibility index (Phi) is 5.99. The summed E-state index contributed by atoms with van der Waals surface area (Å²) in [6.07, 6.45) is 1.99. The van der Waals surface area contributed by atoms with Crippen molar-refractivity contribution in [2.75, 3.05) is 50.8 Å². The number of piperazine rings is 1. The summed E-state index contributed by atoms with van der Waals surface area (Å²) in [4.78, 5) is 24.1. The van der Waals surface area contributed by atoms with Crippen molar-refractivity contribution in [3.63, 3.8) is 0 Å². The molecule has 0 saturated carbocycles. The molecule has 0 unspecified atom stereocenters. The van der Waals surface area contributed by atoms with Gasteiger partial charge in [-0.3, -0.25) is 9.69 Å². The molecule has 3 aliphatic rings. The largest absolute Gasteiger partial charge is 0.488 e. The Labute approximate surface area is 210 Å². The van der Waals surface area contributed by atoms with E-state index < -0.39 is 0 Å². The molecular formula is C27H30N6O3. The molecule has 4 heterocycles. The number of aromatic nitrogens is 2. The maximum atomic E-state index is 11.7. The minimum absolute atomic E-state index is 0.0664. The number of imidazole rings is 1. The molecule has 0 bridgehead atoms. The van der Waals surface area contributed by atoms with Crippen molar-refractivity contribution in [1.29, 1.82) is 5.26 Å². The molecule has 186 valence electrons. The summed E-state index contributed by atoms with van der Waals surface area (Å²) in [5.41, 5.74) is 5.18. The Hall–Kier alpha value is -3.61. The second kappa shape index (κ2) is 9.45. The first-order chi connectivity index (χ1) is 17.6. The van der Waals surface area contributed by atoms with Crippen LogP contribution in [-0.4, -0.2) is 78.9 Å². The Morgan fingerprint density at radius 1 is 1.17 bits per heavy atom.